The quantitative estimate of drug-likeness (QED) is 0.203. The molecule has 11 heteroatoms. The van der Waals surface area contributed by atoms with Crippen LogP contribution < -0.4 is 16.4 Å². The van der Waals surface area contributed by atoms with Gasteiger partial charge in [-0.25, -0.2) is 9.97 Å². The number of thiazole rings is 1. The molecule has 0 unspecified atom stereocenters. The monoisotopic (exact) mass is 621 g/mol. The summed E-state index contributed by atoms with van der Waals surface area (Å²) >= 11 is 1.64. The summed E-state index contributed by atoms with van der Waals surface area (Å²) in [4.78, 5) is 38.0. The number of para-hydroxylation sites is 2. The Morgan fingerprint density at radius 3 is 2.49 bits per heavy atom. The topological polar surface area (TPSA) is 127 Å². The maximum absolute atomic E-state index is 13.0. The molecule has 5 aromatic rings. The molecule has 1 saturated carbocycles. The largest absolute Gasteiger partial charge is 0.397 e. The van der Waals surface area contributed by atoms with Crippen LogP contribution in [-0.2, 0) is 10.2 Å². The summed E-state index contributed by atoms with van der Waals surface area (Å²) in [5.74, 6) is -0.309. The number of pyridine rings is 1. The molecule has 10 nitrogen and oxygen atoms in total. The van der Waals surface area contributed by atoms with E-state index >= 15 is 0 Å². The number of hydrogen-bond donors (Lipinski definition) is 3. The third-order valence-electron chi connectivity index (χ3n) is 8.69. The summed E-state index contributed by atoms with van der Waals surface area (Å²) in [7, 11) is 0. The number of nitrogen functional groups attached to an aromatic ring is 1. The molecule has 2 fully saturated rings. The van der Waals surface area contributed by atoms with Crippen molar-refractivity contribution < 1.29 is 14.3 Å². The lowest BCUT2D eigenvalue weighted by molar-refractivity contribution is 0.0383. The number of imidazole rings is 1. The number of carbonyl (C=O) groups is 2. The van der Waals surface area contributed by atoms with Gasteiger partial charge in [0.15, 0.2) is 0 Å². The lowest BCUT2D eigenvalue weighted by Crippen LogP contribution is -2.41. The lowest BCUT2D eigenvalue weighted by Gasteiger charge is -2.26. The van der Waals surface area contributed by atoms with Crippen LogP contribution >= 0.6 is 11.3 Å². The fourth-order valence-electron chi connectivity index (χ4n) is 5.96. The van der Waals surface area contributed by atoms with E-state index in [1.807, 2.05) is 66.1 Å². The first-order chi connectivity index (χ1) is 21.9. The highest BCUT2D eigenvalue weighted by atomic mass is 32.1. The van der Waals surface area contributed by atoms with E-state index in [0.717, 1.165) is 79.0 Å². The summed E-state index contributed by atoms with van der Waals surface area (Å²) < 4.78 is 7.38. The molecule has 1 aliphatic heterocycles. The summed E-state index contributed by atoms with van der Waals surface area (Å²) in [5.41, 5.74) is 12.6. The van der Waals surface area contributed by atoms with E-state index in [9.17, 15) is 9.59 Å². The number of nitrogens with two attached hydrogens (primary N) is 1. The van der Waals surface area contributed by atoms with Gasteiger partial charge in [0, 0.05) is 48.7 Å². The van der Waals surface area contributed by atoms with Gasteiger partial charge < -0.3 is 21.1 Å². The molecule has 0 radical (unpaired) electrons. The van der Waals surface area contributed by atoms with E-state index in [1.165, 1.54) is 0 Å². The van der Waals surface area contributed by atoms with E-state index in [-0.39, 0.29) is 17.2 Å². The van der Waals surface area contributed by atoms with Gasteiger partial charge in [-0.1, -0.05) is 24.3 Å². The summed E-state index contributed by atoms with van der Waals surface area (Å²) in [6.45, 7) is 6.62. The van der Waals surface area contributed by atoms with Crippen molar-refractivity contribution in [2.75, 3.05) is 50.4 Å². The maximum Gasteiger partial charge on any atom is 0.255 e. The molecule has 0 spiro atoms. The van der Waals surface area contributed by atoms with E-state index in [0.29, 0.717) is 29.0 Å². The molecule has 230 valence electrons. The second-order valence-corrected chi connectivity index (χ2v) is 12.5. The van der Waals surface area contributed by atoms with E-state index in [1.54, 1.807) is 23.5 Å². The summed E-state index contributed by atoms with van der Waals surface area (Å²) in [6.07, 6.45) is 3.84. The SMILES string of the molecule is Cc1nc2ccc(C(=O)NCCN3CCOCC3)cn2c1-c1csc(C2(c3ccc(C(=O)Nc4ccccc4N)cc3)CC2)n1. The minimum absolute atomic E-state index is 0.109. The van der Waals surface area contributed by atoms with Crippen molar-refractivity contribution >= 4 is 40.2 Å². The van der Waals surface area contributed by atoms with Gasteiger partial charge in [0.25, 0.3) is 11.8 Å². The zero-order valence-electron chi connectivity index (χ0n) is 25.1. The van der Waals surface area contributed by atoms with Crippen molar-refractivity contribution in [1.82, 2.24) is 24.6 Å². The number of benzene rings is 2. The number of rotatable bonds is 9. The number of nitrogens with zero attached hydrogens (tertiary/aromatic N) is 4. The zero-order chi connectivity index (χ0) is 31.0. The molecule has 4 heterocycles. The van der Waals surface area contributed by atoms with Crippen molar-refractivity contribution in [2.45, 2.75) is 25.2 Å². The first kappa shape index (κ1) is 29.1. The number of morpholine rings is 1. The molecule has 0 atom stereocenters. The number of nitrogens with one attached hydrogen (secondary N) is 2. The molecular weight excluding hydrogens is 586 g/mol. The molecule has 3 aromatic heterocycles. The van der Waals surface area contributed by atoms with Gasteiger partial charge >= 0.3 is 0 Å². The average molecular weight is 622 g/mol. The van der Waals surface area contributed by atoms with Crippen molar-refractivity contribution in [3.63, 3.8) is 0 Å². The minimum Gasteiger partial charge on any atom is -0.397 e. The normalized spacial score (nSPS) is 16.0. The zero-order valence-corrected chi connectivity index (χ0v) is 25.9. The number of fused-ring (bicyclic) bond motifs is 1. The smallest absolute Gasteiger partial charge is 0.255 e. The number of hydrogen-bond acceptors (Lipinski definition) is 8. The second-order valence-electron chi connectivity index (χ2n) is 11.6. The number of aromatic nitrogens is 3. The Bertz CT molecular complexity index is 1870. The van der Waals surface area contributed by atoms with Crippen LogP contribution in [0.1, 0.15) is 49.8 Å². The van der Waals surface area contributed by atoms with Crippen LogP contribution in [0, 0.1) is 6.92 Å². The number of ether oxygens (including phenoxy) is 1. The summed E-state index contributed by atoms with van der Waals surface area (Å²) in [6, 6.07) is 18.7. The predicted octanol–water partition coefficient (Wildman–Crippen LogP) is 4.74. The molecule has 2 aliphatic rings. The van der Waals surface area contributed by atoms with Gasteiger partial charge in [-0.2, -0.15) is 0 Å². The van der Waals surface area contributed by atoms with Crippen LogP contribution in [0.15, 0.2) is 72.2 Å². The molecular formula is C34H35N7O3S. The molecule has 1 aliphatic carbocycles. The van der Waals surface area contributed by atoms with E-state index < -0.39 is 0 Å². The van der Waals surface area contributed by atoms with Crippen molar-refractivity contribution in [2.24, 2.45) is 0 Å². The third-order valence-corrected chi connectivity index (χ3v) is 9.73. The van der Waals surface area contributed by atoms with E-state index in [4.69, 9.17) is 20.4 Å². The van der Waals surface area contributed by atoms with Gasteiger partial charge in [-0.3, -0.25) is 18.9 Å². The first-order valence-corrected chi connectivity index (χ1v) is 16.1. The van der Waals surface area contributed by atoms with Crippen LogP contribution in [0.2, 0.25) is 0 Å². The van der Waals surface area contributed by atoms with Gasteiger partial charge in [0.05, 0.1) is 41.5 Å². The van der Waals surface area contributed by atoms with Crippen molar-refractivity contribution in [3.8, 4) is 11.4 Å². The van der Waals surface area contributed by atoms with Gasteiger partial charge in [-0.05, 0) is 61.7 Å². The Morgan fingerprint density at radius 2 is 1.73 bits per heavy atom. The molecule has 2 aromatic carbocycles. The standard InChI is InChI=1S/C34H35N7O3S/c1-22-30(41-20-24(8-11-29(41)37-22)31(42)36-14-15-40-16-18-44-19-17-40)28-21-45-33(39-28)34(12-13-34)25-9-6-23(7-10-25)32(43)38-27-5-3-2-4-26(27)35/h2-11,20-21H,12-19,35H2,1H3,(H,36,42)(H,38,43). The third kappa shape index (κ3) is 5.82. The Morgan fingerprint density at radius 1 is 0.978 bits per heavy atom. The van der Waals surface area contributed by atoms with Crippen LogP contribution in [-0.4, -0.2) is 70.5 Å². The van der Waals surface area contributed by atoms with Crippen LogP contribution in [0.3, 0.4) is 0 Å². The lowest BCUT2D eigenvalue weighted by atomic mass is 9.95. The Kier molecular flexibility index (Phi) is 7.82. The fraction of sp³-hybridized carbons (Fsp3) is 0.294. The summed E-state index contributed by atoms with van der Waals surface area (Å²) in [5, 5.41) is 9.06. The minimum atomic E-state index is -0.200. The fourth-order valence-corrected chi connectivity index (χ4v) is 7.05. The molecule has 45 heavy (non-hydrogen) atoms. The first-order valence-electron chi connectivity index (χ1n) is 15.2. The van der Waals surface area contributed by atoms with Gasteiger partial charge in [-0.15, -0.1) is 11.3 Å². The number of anilines is 2. The Balaban J connectivity index is 1.08. The van der Waals surface area contributed by atoms with Crippen molar-refractivity contribution in [1.29, 1.82) is 0 Å². The molecule has 1 saturated heterocycles. The van der Waals surface area contributed by atoms with Crippen LogP contribution in [0.5, 0.6) is 0 Å². The van der Waals surface area contributed by atoms with Crippen molar-refractivity contribution in [3.05, 3.63) is 99.6 Å². The number of aryl methyl sites for hydroxylation is 1. The Labute approximate surface area is 265 Å². The number of amides is 2. The van der Waals surface area contributed by atoms with E-state index in [2.05, 4.69) is 20.9 Å². The van der Waals surface area contributed by atoms with Crippen LogP contribution in [0.4, 0.5) is 11.4 Å². The van der Waals surface area contributed by atoms with Gasteiger partial charge in [0.2, 0.25) is 0 Å². The second kappa shape index (κ2) is 12.1. The predicted molar refractivity (Wildman–Crippen MR) is 176 cm³/mol. The molecule has 0 bridgehead atoms. The highest BCUT2D eigenvalue weighted by molar-refractivity contribution is 7.10. The highest BCUT2D eigenvalue weighted by Crippen LogP contribution is 2.54. The Hall–Kier alpha value is -4.58. The number of carbonyl (C=O) groups excluding carboxylic acids is 2. The highest BCUT2D eigenvalue weighted by Gasteiger charge is 2.48. The average Bonchev–Trinajstić information content (AvgIpc) is 3.60. The molecule has 7 rings (SSSR count). The van der Waals surface area contributed by atoms with Crippen LogP contribution in [0.25, 0.3) is 17.0 Å². The molecule has 4 N–H and O–H groups in total. The molecule has 2 amide bonds. The van der Waals surface area contributed by atoms with Gasteiger partial charge in [0.1, 0.15) is 16.3 Å². The maximum atomic E-state index is 13.0.